The Morgan fingerprint density at radius 2 is 1.92 bits per heavy atom. The molecule has 1 aromatic carbocycles. The number of carbonyl (C=O) groups is 1. The van der Waals surface area contributed by atoms with Gasteiger partial charge in [-0.15, -0.1) is 0 Å². The molecule has 0 aliphatic carbocycles. The third kappa shape index (κ3) is 2.39. The highest BCUT2D eigenvalue weighted by molar-refractivity contribution is 6.01. The summed E-state index contributed by atoms with van der Waals surface area (Å²) >= 11 is 0. The van der Waals surface area contributed by atoms with Crippen molar-refractivity contribution in [3.8, 4) is 11.3 Å². The number of piperidine rings is 1. The fraction of sp³-hybridized carbons (Fsp3) is 0.238. The quantitative estimate of drug-likeness (QED) is 0.542. The maximum absolute atomic E-state index is 12.9. The topological polar surface area (TPSA) is 50.8 Å². The summed E-state index contributed by atoms with van der Waals surface area (Å²) in [7, 11) is 0. The first kappa shape index (κ1) is 15.2. The molecular formula is C21H19N3O2. The van der Waals surface area contributed by atoms with Crippen molar-refractivity contribution in [1.82, 2.24) is 14.5 Å². The first-order valence-corrected chi connectivity index (χ1v) is 9.05. The molecule has 5 rings (SSSR count). The Labute approximate surface area is 150 Å². The molecule has 0 atom stereocenters. The molecule has 1 saturated heterocycles. The van der Waals surface area contributed by atoms with Gasteiger partial charge in [-0.25, -0.2) is 4.52 Å². The number of likely N-dealkylation sites (tertiary alicyclic amines) is 1. The minimum atomic E-state index is 0.0853. The number of nitrogens with zero attached hydrogens (tertiary/aromatic N) is 3. The molecular weight excluding hydrogens is 326 g/mol. The van der Waals surface area contributed by atoms with E-state index in [1.165, 1.54) is 6.42 Å². The Kier molecular flexibility index (Phi) is 3.52. The van der Waals surface area contributed by atoms with Gasteiger partial charge in [-0.2, -0.15) is 5.10 Å². The van der Waals surface area contributed by atoms with Crippen LogP contribution in [0.15, 0.2) is 59.3 Å². The standard InChI is InChI=1S/C21H19N3O2/c25-21(23-10-2-1-3-11-23)17-14-22-24-18(5-4-6-19(17)24)15-7-8-20-16(13-15)9-12-26-20/h4-9,12-14H,1-3,10-11H2. The highest BCUT2D eigenvalue weighted by atomic mass is 16.3. The van der Waals surface area contributed by atoms with Gasteiger partial charge in [0.15, 0.2) is 0 Å². The zero-order valence-corrected chi connectivity index (χ0v) is 14.4. The number of aromatic nitrogens is 2. The Hall–Kier alpha value is -3.08. The molecule has 1 aliphatic rings. The minimum absolute atomic E-state index is 0.0853. The van der Waals surface area contributed by atoms with Gasteiger partial charge in [0.25, 0.3) is 5.91 Å². The van der Waals surface area contributed by atoms with Crippen LogP contribution in [0.1, 0.15) is 29.6 Å². The Balaban J connectivity index is 1.59. The minimum Gasteiger partial charge on any atom is -0.464 e. The average molecular weight is 345 g/mol. The largest absolute Gasteiger partial charge is 0.464 e. The molecule has 130 valence electrons. The molecule has 3 aromatic heterocycles. The van der Waals surface area contributed by atoms with Crippen molar-refractivity contribution >= 4 is 22.4 Å². The van der Waals surface area contributed by atoms with Gasteiger partial charge >= 0.3 is 0 Å². The second kappa shape index (κ2) is 6.02. The summed E-state index contributed by atoms with van der Waals surface area (Å²) in [5.74, 6) is 0.0853. The van der Waals surface area contributed by atoms with Crippen LogP contribution in [0.5, 0.6) is 0 Å². The van der Waals surface area contributed by atoms with E-state index >= 15 is 0 Å². The van der Waals surface area contributed by atoms with Crippen LogP contribution in [0, 0.1) is 0 Å². The van der Waals surface area contributed by atoms with Crippen molar-refractivity contribution in [3.05, 3.63) is 60.5 Å². The highest BCUT2D eigenvalue weighted by Gasteiger charge is 2.22. The van der Waals surface area contributed by atoms with E-state index in [1.54, 1.807) is 12.5 Å². The third-order valence-electron chi connectivity index (χ3n) is 5.16. The fourth-order valence-corrected chi connectivity index (χ4v) is 3.79. The van der Waals surface area contributed by atoms with Crippen LogP contribution in [-0.4, -0.2) is 33.5 Å². The molecule has 4 aromatic rings. The number of hydrogen-bond donors (Lipinski definition) is 0. The molecule has 0 saturated carbocycles. The van der Waals surface area contributed by atoms with Crippen molar-refractivity contribution in [2.24, 2.45) is 0 Å². The van der Waals surface area contributed by atoms with Gasteiger partial charge in [0.2, 0.25) is 0 Å². The number of benzene rings is 1. The third-order valence-corrected chi connectivity index (χ3v) is 5.16. The summed E-state index contributed by atoms with van der Waals surface area (Å²) in [6.07, 6.45) is 6.77. The monoisotopic (exact) mass is 345 g/mol. The normalized spacial score (nSPS) is 15.0. The molecule has 0 N–H and O–H groups in total. The predicted octanol–water partition coefficient (Wildman–Crippen LogP) is 4.37. The summed E-state index contributed by atoms with van der Waals surface area (Å²) in [5, 5.41) is 5.58. The molecule has 1 amide bonds. The van der Waals surface area contributed by atoms with Crippen molar-refractivity contribution in [2.75, 3.05) is 13.1 Å². The van der Waals surface area contributed by atoms with Crippen molar-refractivity contribution < 1.29 is 9.21 Å². The van der Waals surface area contributed by atoms with Crippen LogP contribution < -0.4 is 0 Å². The lowest BCUT2D eigenvalue weighted by molar-refractivity contribution is 0.0726. The van der Waals surface area contributed by atoms with Crippen LogP contribution in [0.3, 0.4) is 0 Å². The Bertz CT molecular complexity index is 1100. The van der Waals surface area contributed by atoms with Gasteiger partial charge in [0, 0.05) is 24.0 Å². The zero-order chi connectivity index (χ0) is 17.5. The number of amides is 1. The number of furan rings is 1. The van der Waals surface area contributed by atoms with E-state index in [-0.39, 0.29) is 5.91 Å². The molecule has 0 spiro atoms. The maximum atomic E-state index is 12.9. The molecule has 0 unspecified atom stereocenters. The molecule has 0 radical (unpaired) electrons. The van der Waals surface area contributed by atoms with E-state index in [9.17, 15) is 4.79 Å². The van der Waals surface area contributed by atoms with Crippen molar-refractivity contribution in [1.29, 1.82) is 0 Å². The highest BCUT2D eigenvalue weighted by Crippen LogP contribution is 2.27. The van der Waals surface area contributed by atoms with Crippen LogP contribution in [0.4, 0.5) is 0 Å². The molecule has 1 fully saturated rings. The lowest BCUT2D eigenvalue weighted by Crippen LogP contribution is -2.35. The molecule has 0 bridgehead atoms. The van der Waals surface area contributed by atoms with E-state index in [0.717, 1.165) is 53.7 Å². The smallest absolute Gasteiger partial charge is 0.257 e. The van der Waals surface area contributed by atoms with Crippen LogP contribution in [-0.2, 0) is 0 Å². The first-order chi connectivity index (χ1) is 12.8. The second-order valence-electron chi connectivity index (χ2n) is 6.79. The summed E-state index contributed by atoms with van der Waals surface area (Å²) in [4.78, 5) is 14.9. The number of pyridine rings is 1. The van der Waals surface area contributed by atoms with E-state index in [1.807, 2.05) is 45.8 Å². The number of rotatable bonds is 2. The van der Waals surface area contributed by atoms with Gasteiger partial charge < -0.3 is 9.32 Å². The summed E-state index contributed by atoms with van der Waals surface area (Å²) in [6.45, 7) is 1.68. The molecule has 26 heavy (non-hydrogen) atoms. The predicted molar refractivity (Wildman–Crippen MR) is 100 cm³/mol. The van der Waals surface area contributed by atoms with Crippen molar-refractivity contribution in [3.63, 3.8) is 0 Å². The molecule has 5 nitrogen and oxygen atoms in total. The Morgan fingerprint density at radius 1 is 1.04 bits per heavy atom. The van der Waals surface area contributed by atoms with Crippen LogP contribution >= 0.6 is 0 Å². The summed E-state index contributed by atoms with van der Waals surface area (Å²) in [5.41, 5.74) is 4.40. The van der Waals surface area contributed by atoms with Crippen LogP contribution in [0.2, 0.25) is 0 Å². The van der Waals surface area contributed by atoms with Crippen LogP contribution in [0.25, 0.3) is 27.7 Å². The summed E-state index contributed by atoms with van der Waals surface area (Å²) in [6, 6.07) is 14.0. The van der Waals surface area contributed by atoms with Gasteiger partial charge in [-0.1, -0.05) is 6.07 Å². The maximum Gasteiger partial charge on any atom is 0.257 e. The lowest BCUT2D eigenvalue weighted by Gasteiger charge is -2.26. The van der Waals surface area contributed by atoms with E-state index in [0.29, 0.717) is 5.56 Å². The zero-order valence-electron chi connectivity index (χ0n) is 14.4. The van der Waals surface area contributed by atoms with Gasteiger partial charge in [0.05, 0.1) is 29.2 Å². The fourth-order valence-electron chi connectivity index (χ4n) is 3.79. The van der Waals surface area contributed by atoms with Crippen molar-refractivity contribution in [2.45, 2.75) is 19.3 Å². The number of fused-ring (bicyclic) bond motifs is 2. The second-order valence-corrected chi connectivity index (χ2v) is 6.79. The van der Waals surface area contributed by atoms with Gasteiger partial charge in [-0.3, -0.25) is 4.79 Å². The number of hydrogen-bond acceptors (Lipinski definition) is 3. The molecule has 4 heterocycles. The van der Waals surface area contributed by atoms with E-state index in [4.69, 9.17) is 4.42 Å². The SMILES string of the molecule is O=C(c1cnn2c(-c3ccc4occc4c3)cccc12)N1CCCCC1. The average Bonchev–Trinajstić information content (AvgIpc) is 3.34. The van der Waals surface area contributed by atoms with E-state index < -0.39 is 0 Å². The van der Waals surface area contributed by atoms with Gasteiger partial charge in [0.1, 0.15) is 5.58 Å². The van der Waals surface area contributed by atoms with E-state index in [2.05, 4.69) is 11.2 Å². The summed E-state index contributed by atoms with van der Waals surface area (Å²) < 4.78 is 7.29. The Morgan fingerprint density at radius 3 is 2.81 bits per heavy atom. The van der Waals surface area contributed by atoms with Gasteiger partial charge in [-0.05, 0) is 55.7 Å². The molecule has 1 aliphatic heterocycles. The molecule has 5 heteroatoms. The first-order valence-electron chi connectivity index (χ1n) is 9.05. The number of carbonyl (C=O) groups excluding carboxylic acids is 1. The lowest BCUT2D eigenvalue weighted by atomic mass is 10.1.